The van der Waals surface area contributed by atoms with E-state index in [4.69, 9.17) is 9.15 Å². The van der Waals surface area contributed by atoms with E-state index in [0.29, 0.717) is 28.3 Å². The third kappa shape index (κ3) is 3.41. The SMILES string of the molecule is O=C(Oc1ccc2nc(-c3ccccc3)oc2c1)c1ccc(I)cc1. The van der Waals surface area contributed by atoms with Gasteiger partial charge in [-0.1, -0.05) is 18.2 Å². The fourth-order valence-electron chi connectivity index (χ4n) is 2.42. The number of benzene rings is 3. The van der Waals surface area contributed by atoms with E-state index in [2.05, 4.69) is 27.6 Å². The highest BCUT2D eigenvalue weighted by Crippen LogP contribution is 2.27. The Kier molecular flexibility index (Phi) is 4.23. The van der Waals surface area contributed by atoms with Crippen LogP contribution in [0.2, 0.25) is 0 Å². The lowest BCUT2D eigenvalue weighted by molar-refractivity contribution is 0.0735. The minimum absolute atomic E-state index is 0.404. The molecule has 4 nitrogen and oxygen atoms in total. The number of ether oxygens (including phenoxy) is 1. The van der Waals surface area contributed by atoms with Crippen molar-refractivity contribution in [3.8, 4) is 17.2 Å². The number of nitrogens with zero attached hydrogens (tertiary/aromatic N) is 1. The zero-order chi connectivity index (χ0) is 17.2. The zero-order valence-corrected chi connectivity index (χ0v) is 15.1. The fraction of sp³-hybridized carbons (Fsp3) is 0. The highest BCUT2D eigenvalue weighted by molar-refractivity contribution is 14.1. The van der Waals surface area contributed by atoms with Crippen molar-refractivity contribution in [2.45, 2.75) is 0 Å². The number of oxazole rings is 1. The molecule has 0 radical (unpaired) electrons. The second kappa shape index (κ2) is 6.68. The standard InChI is InChI=1S/C20H12INO3/c21-15-8-6-14(7-9-15)20(23)24-16-10-11-17-18(12-16)25-19(22-17)13-4-2-1-3-5-13/h1-12H. The molecule has 4 aromatic rings. The lowest BCUT2D eigenvalue weighted by Crippen LogP contribution is -2.08. The number of rotatable bonds is 3. The summed E-state index contributed by atoms with van der Waals surface area (Å²) in [6, 6.07) is 22.0. The van der Waals surface area contributed by atoms with Crippen molar-refractivity contribution in [3.63, 3.8) is 0 Å². The Morgan fingerprint density at radius 2 is 1.72 bits per heavy atom. The fourth-order valence-corrected chi connectivity index (χ4v) is 2.78. The van der Waals surface area contributed by atoms with Crippen LogP contribution in [0.15, 0.2) is 77.2 Å². The first-order valence-corrected chi connectivity index (χ1v) is 8.71. The summed E-state index contributed by atoms with van der Waals surface area (Å²) in [6.45, 7) is 0. The Balaban J connectivity index is 1.61. The Bertz CT molecular complexity index is 1040. The smallest absolute Gasteiger partial charge is 0.343 e. The quantitative estimate of drug-likeness (QED) is 0.246. The number of fused-ring (bicyclic) bond motifs is 1. The molecule has 0 aliphatic heterocycles. The van der Waals surface area contributed by atoms with E-state index in [0.717, 1.165) is 9.13 Å². The number of hydrogen-bond acceptors (Lipinski definition) is 4. The van der Waals surface area contributed by atoms with Crippen molar-refractivity contribution < 1.29 is 13.9 Å². The van der Waals surface area contributed by atoms with Crippen molar-refractivity contribution >= 4 is 39.7 Å². The first kappa shape index (κ1) is 15.8. The van der Waals surface area contributed by atoms with Crippen LogP contribution in [0.1, 0.15) is 10.4 Å². The van der Waals surface area contributed by atoms with Gasteiger partial charge in [0.1, 0.15) is 11.3 Å². The highest BCUT2D eigenvalue weighted by atomic mass is 127. The lowest BCUT2D eigenvalue weighted by Gasteiger charge is -2.04. The molecule has 0 atom stereocenters. The number of esters is 1. The number of hydrogen-bond donors (Lipinski definition) is 0. The van der Waals surface area contributed by atoms with Crippen molar-refractivity contribution in [2.75, 3.05) is 0 Å². The Labute approximate surface area is 157 Å². The van der Waals surface area contributed by atoms with Crippen molar-refractivity contribution in [2.24, 2.45) is 0 Å². The summed E-state index contributed by atoms with van der Waals surface area (Å²) in [5, 5.41) is 0. The predicted octanol–water partition coefficient (Wildman–Crippen LogP) is 5.32. The van der Waals surface area contributed by atoms with Gasteiger partial charge in [0.2, 0.25) is 5.89 Å². The van der Waals surface area contributed by atoms with Crippen LogP contribution in [0, 0.1) is 3.57 Å². The number of halogens is 1. The van der Waals surface area contributed by atoms with Gasteiger partial charge in [-0.05, 0) is 71.1 Å². The molecule has 0 amide bonds. The molecule has 25 heavy (non-hydrogen) atoms. The Morgan fingerprint density at radius 3 is 2.48 bits per heavy atom. The predicted molar refractivity (Wildman–Crippen MR) is 104 cm³/mol. The van der Waals surface area contributed by atoms with Gasteiger partial charge in [0, 0.05) is 15.2 Å². The maximum atomic E-state index is 12.2. The minimum Gasteiger partial charge on any atom is -0.436 e. The van der Waals surface area contributed by atoms with Crippen LogP contribution in [0.5, 0.6) is 5.75 Å². The van der Waals surface area contributed by atoms with Gasteiger partial charge in [-0.15, -0.1) is 0 Å². The van der Waals surface area contributed by atoms with Crippen LogP contribution in [0.3, 0.4) is 0 Å². The van der Waals surface area contributed by atoms with Crippen LogP contribution in [0.25, 0.3) is 22.6 Å². The van der Waals surface area contributed by atoms with Gasteiger partial charge in [0.05, 0.1) is 5.56 Å². The molecule has 0 aliphatic rings. The third-order valence-electron chi connectivity index (χ3n) is 3.67. The van der Waals surface area contributed by atoms with Gasteiger partial charge < -0.3 is 9.15 Å². The van der Waals surface area contributed by atoms with Gasteiger partial charge in [0.15, 0.2) is 5.58 Å². The molecule has 0 saturated carbocycles. The molecule has 5 heteroatoms. The summed E-state index contributed by atoms with van der Waals surface area (Å²) in [5.41, 5.74) is 2.69. The van der Waals surface area contributed by atoms with Crippen LogP contribution in [-0.4, -0.2) is 11.0 Å². The van der Waals surface area contributed by atoms with Gasteiger partial charge in [0.25, 0.3) is 0 Å². The topological polar surface area (TPSA) is 52.3 Å². The molecular weight excluding hydrogens is 429 g/mol. The number of carbonyl (C=O) groups excluding carboxylic acids is 1. The molecule has 3 aromatic carbocycles. The van der Waals surface area contributed by atoms with E-state index in [1.165, 1.54) is 0 Å². The van der Waals surface area contributed by atoms with E-state index in [1.807, 2.05) is 42.5 Å². The van der Waals surface area contributed by atoms with Gasteiger partial charge in [-0.3, -0.25) is 0 Å². The van der Waals surface area contributed by atoms with E-state index in [-0.39, 0.29) is 0 Å². The molecule has 0 saturated heterocycles. The number of aromatic nitrogens is 1. The maximum absolute atomic E-state index is 12.2. The lowest BCUT2D eigenvalue weighted by atomic mass is 10.2. The normalized spacial score (nSPS) is 10.8. The van der Waals surface area contributed by atoms with Gasteiger partial charge in [-0.2, -0.15) is 0 Å². The van der Waals surface area contributed by atoms with Gasteiger partial charge >= 0.3 is 5.97 Å². The molecule has 1 aromatic heterocycles. The molecule has 0 N–H and O–H groups in total. The van der Waals surface area contributed by atoms with Crippen LogP contribution < -0.4 is 4.74 Å². The third-order valence-corrected chi connectivity index (χ3v) is 4.39. The molecule has 0 spiro atoms. The largest absolute Gasteiger partial charge is 0.436 e. The summed E-state index contributed by atoms with van der Waals surface area (Å²) in [7, 11) is 0. The summed E-state index contributed by atoms with van der Waals surface area (Å²) in [6.07, 6.45) is 0. The minimum atomic E-state index is -0.404. The first-order chi connectivity index (χ1) is 12.2. The van der Waals surface area contributed by atoms with E-state index in [1.54, 1.807) is 30.3 Å². The molecule has 0 fully saturated rings. The molecule has 122 valence electrons. The molecule has 0 unspecified atom stereocenters. The number of carbonyl (C=O) groups is 1. The van der Waals surface area contributed by atoms with Crippen LogP contribution in [-0.2, 0) is 0 Å². The van der Waals surface area contributed by atoms with E-state index < -0.39 is 5.97 Å². The van der Waals surface area contributed by atoms with Gasteiger partial charge in [-0.25, -0.2) is 9.78 Å². The molecule has 0 bridgehead atoms. The first-order valence-electron chi connectivity index (χ1n) is 7.63. The van der Waals surface area contributed by atoms with Crippen LogP contribution in [0.4, 0.5) is 0 Å². The average molecular weight is 441 g/mol. The van der Waals surface area contributed by atoms with Crippen LogP contribution >= 0.6 is 22.6 Å². The van der Waals surface area contributed by atoms with Crippen molar-refractivity contribution in [1.29, 1.82) is 0 Å². The molecule has 1 heterocycles. The average Bonchev–Trinajstić information content (AvgIpc) is 3.06. The summed E-state index contributed by atoms with van der Waals surface area (Å²) >= 11 is 2.19. The molecule has 4 rings (SSSR count). The second-order valence-corrected chi connectivity index (χ2v) is 6.66. The van der Waals surface area contributed by atoms with E-state index >= 15 is 0 Å². The Morgan fingerprint density at radius 1 is 0.960 bits per heavy atom. The monoisotopic (exact) mass is 441 g/mol. The summed E-state index contributed by atoms with van der Waals surface area (Å²) in [5.74, 6) is 0.557. The zero-order valence-electron chi connectivity index (χ0n) is 13.0. The van der Waals surface area contributed by atoms with E-state index in [9.17, 15) is 4.79 Å². The highest BCUT2D eigenvalue weighted by Gasteiger charge is 2.12. The molecular formula is C20H12INO3. The van der Waals surface area contributed by atoms with Crippen molar-refractivity contribution in [3.05, 3.63) is 81.9 Å². The second-order valence-electron chi connectivity index (χ2n) is 5.41. The van der Waals surface area contributed by atoms with Crippen molar-refractivity contribution in [1.82, 2.24) is 4.98 Å². The summed E-state index contributed by atoms with van der Waals surface area (Å²) < 4.78 is 12.3. The Hall–Kier alpha value is -2.67. The maximum Gasteiger partial charge on any atom is 0.343 e. The molecule has 0 aliphatic carbocycles. The summed E-state index contributed by atoms with van der Waals surface area (Å²) in [4.78, 5) is 16.7.